The van der Waals surface area contributed by atoms with Gasteiger partial charge in [-0.1, -0.05) is 6.07 Å². The van der Waals surface area contributed by atoms with Crippen molar-refractivity contribution >= 4 is 35.8 Å². The Morgan fingerprint density at radius 3 is 2.55 bits per heavy atom. The molecule has 2 rings (SSSR count). The molecule has 1 aromatic carbocycles. The molecule has 0 spiro atoms. The van der Waals surface area contributed by atoms with Gasteiger partial charge in [-0.15, -0.1) is 11.3 Å². The Bertz CT molecular complexity index is 590. The molecule has 0 saturated carbocycles. The van der Waals surface area contributed by atoms with Crippen LogP contribution in [0.25, 0.3) is 10.1 Å². The van der Waals surface area contributed by atoms with Gasteiger partial charge in [0.25, 0.3) is 0 Å². The summed E-state index contributed by atoms with van der Waals surface area (Å²) in [6.07, 6.45) is 0.727. The summed E-state index contributed by atoms with van der Waals surface area (Å²) in [5.41, 5.74) is 1.11. The van der Waals surface area contributed by atoms with Crippen molar-refractivity contribution < 1.29 is 18.9 Å². The minimum absolute atomic E-state index is 0.369. The Morgan fingerprint density at radius 2 is 1.95 bits per heavy atom. The van der Waals surface area contributed by atoms with E-state index >= 15 is 0 Å². The molecule has 0 saturated heterocycles. The van der Waals surface area contributed by atoms with E-state index in [1.165, 1.54) is 11.3 Å². The van der Waals surface area contributed by atoms with Crippen LogP contribution >= 0.6 is 19.7 Å². The third kappa shape index (κ3) is 3.76. The summed E-state index contributed by atoms with van der Waals surface area (Å²) in [5, 5.41) is 9.98. The Morgan fingerprint density at radius 1 is 1.25 bits per heavy atom. The molecule has 108 valence electrons. The van der Waals surface area contributed by atoms with Crippen molar-refractivity contribution in [1.82, 2.24) is 0 Å². The van der Waals surface area contributed by atoms with Gasteiger partial charge in [0.05, 0.1) is 13.2 Å². The van der Waals surface area contributed by atoms with Gasteiger partial charge < -0.3 is 14.2 Å². The first kappa shape index (κ1) is 15.4. The first-order valence-corrected chi connectivity index (χ1v) is 8.61. The van der Waals surface area contributed by atoms with E-state index in [1.807, 2.05) is 32.0 Å². The lowest BCUT2D eigenvalue weighted by Crippen LogP contribution is -1.94. The van der Waals surface area contributed by atoms with Gasteiger partial charge >= 0.3 is 5.97 Å². The summed E-state index contributed by atoms with van der Waals surface area (Å²) in [7, 11) is -0.911. The summed E-state index contributed by atoms with van der Waals surface area (Å²) >= 11 is 1.30. The van der Waals surface area contributed by atoms with E-state index in [0.29, 0.717) is 18.1 Å². The van der Waals surface area contributed by atoms with Crippen LogP contribution in [0.2, 0.25) is 0 Å². The second kappa shape index (κ2) is 7.14. The fourth-order valence-corrected chi connectivity index (χ4v) is 4.07. The minimum Gasteiger partial charge on any atom is -0.477 e. The fraction of sp³-hybridized carbons (Fsp3) is 0.357. The Labute approximate surface area is 123 Å². The van der Waals surface area contributed by atoms with Crippen LogP contribution in [0.3, 0.4) is 0 Å². The van der Waals surface area contributed by atoms with Gasteiger partial charge in [-0.3, -0.25) is 0 Å². The molecule has 0 amide bonds. The second-order valence-corrected chi connectivity index (χ2v) is 6.70. The molecule has 0 atom stereocenters. The average Bonchev–Trinajstić information content (AvgIpc) is 2.82. The maximum absolute atomic E-state index is 11.0. The Balaban J connectivity index is 2.19. The molecule has 1 aromatic heterocycles. The van der Waals surface area contributed by atoms with Crippen molar-refractivity contribution in [2.45, 2.75) is 20.0 Å². The number of benzene rings is 1. The van der Waals surface area contributed by atoms with Crippen LogP contribution in [-0.4, -0.2) is 24.3 Å². The molecule has 20 heavy (non-hydrogen) atoms. The highest BCUT2D eigenvalue weighted by atomic mass is 32.1. The molecular formula is C14H17O4PS. The van der Waals surface area contributed by atoms with Crippen LogP contribution < -0.4 is 0 Å². The number of aromatic carboxylic acids is 1. The second-order valence-electron chi connectivity index (χ2n) is 4.11. The maximum Gasteiger partial charge on any atom is 0.345 e. The van der Waals surface area contributed by atoms with E-state index in [-0.39, 0.29) is 0 Å². The normalized spacial score (nSPS) is 11.3. The van der Waals surface area contributed by atoms with Gasteiger partial charge in [0.2, 0.25) is 0 Å². The van der Waals surface area contributed by atoms with Gasteiger partial charge in [0.1, 0.15) is 4.88 Å². The number of carbonyl (C=O) groups is 1. The summed E-state index contributed by atoms with van der Waals surface area (Å²) in [5.74, 6) is -0.876. The lowest BCUT2D eigenvalue weighted by molar-refractivity contribution is 0.0702. The fourth-order valence-electron chi connectivity index (χ4n) is 1.86. The molecule has 4 nitrogen and oxygen atoms in total. The van der Waals surface area contributed by atoms with Crippen molar-refractivity contribution in [3.05, 3.63) is 34.7 Å². The van der Waals surface area contributed by atoms with Crippen LogP contribution in [0.5, 0.6) is 0 Å². The Kier molecular flexibility index (Phi) is 5.49. The minimum atomic E-state index is -0.911. The largest absolute Gasteiger partial charge is 0.477 e. The van der Waals surface area contributed by atoms with E-state index in [9.17, 15) is 4.79 Å². The van der Waals surface area contributed by atoms with Gasteiger partial charge in [-0.05, 0) is 43.0 Å². The monoisotopic (exact) mass is 312 g/mol. The van der Waals surface area contributed by atoms with Crippen molar-refractivity contribution in [1.29, 1.82) is 0 Å². The summed E-state index contributed by atoms with van der Waals surface area (Å²) in [6, 6.07) is 7.71. The van der Waals surface area contributed by atoms with Crippen LogP contribution in [0.15, 0.2) is 24.3 Å². The van der Waals surface area contributed by atoms with Gasteiger partial charge in [0, 0.05) is 10.9 Å². The lowest BCUT2D eigenvalue weighted by Gasteiger charge is -2.15. The number of carboxylic acid groups (broad SMARTS) is 1. The highest BCUT2D eigenvalue weighted by Gasteiger charge is 2.12. The zero-order valence-corrected chi connectivity index (χ0v) is 13.2. The predicted octanol–water partition coefficient (Wildman–Crippen LogP) is 4.48. The number of carboxylic acids is 1. The van der Waals surface area contributed by atoms with Gasteiger partial charge in [0.15, 0.2) is 8.38 Å². The molecular weight excluding hydrogens is 295 g/mol. The molecule has 1 N–H and O–H groups in total. The van der Waals surface area contributed by atoms with Gasteiger partial charge in [-0.25, -0.2) is 4.79 Å². The quantitative estimate of drug-likeness (QED) is 0.766. The smallest absolute Gasteiger partial charge is 0.345 e. The summed E-state index contributed by atoms with van der Waals surface area (Å²) in [4.78, 5) is 11.3. The molecule has 0 aliphatic heterocycles. The number of rotatable bonds is 7. The third-order valence-electron chi connectivity index (χ3n) is 2.65. The van der Waals surface area contributed by atoms with Crippen molar-refractivity contribution in [2.24, 2.45) is 0 Å². The van der Waals surface area contributed by atoms with Crippen LogP contribution in [0.1, 0.15) is 29.1 Å². The number of fused-ring (bicyclic) bond motifs is 1. The van der Waals surface area contributed by atoms with E-state index in [2.05, 4.69) is 0 Å². The van der Waals surface area contributed by atoms with Crippen LogP contribution in [0.4, 0.5) is 0 Å². The molecule has 0 bridgehead atoms. The highest BCUT2D eigenvalue weighted by molar-refractivity contribution is 7.46. The lowest BCUT2D eigenvalue weighted by atomic mass is 10.2. The van der Waals surface area contributed by atoms with Crippen LogP contribution in [-0.2, 0) is 15.2 Å². The zero-order chi connectivity index (χ0) is 14.5. The topological polar surface area (TPSA) is 55.8 Å². The van der Waals surface area contributed by atoms with Crippen molar-refractivity contribution in [3.8, 4) is 0 Å². The molecule has 0 unspecified atom stereocenters. The Hall–Kier alpha value is -1.00. The molecule has 0 aliphatic rings. The summed E-state index contributed by atoms with van der Waals surface area (Å²) < 4.78 is 12.2. The third-order valence-corrected chi connectivity index (χ3v) is 5.47. The number of hydrogen-bond donors (Lipinski definition) is 1. The molecule has 0 radical (unpaired) electrons. The standard InChI is InChI=1S/C14H17O4PS/c1-3-17-19(18-4-2)9-10-5-6-12-11(7-10)8-13(20-12)14(15)16/h5-8H,3-4,9H2,1-2H3,(H,15,16). The molecule has 1 heterocycles. The van der Waals surface area contributed by atoms with Crippen LogP contribution in [0, 0.1) is 0 Å². The average molecular weight is 312 g/mol. The highest BCUT2D eigenvalue weighted by Crippen LogP contribution is 2.42. The molecule has 0 fully saturated rings. The number of thiophene rings is 1. The SMILES string of the molecule is CCOP(Cc1ccc2sc(C(=O)O)cc2c1)OCC. The zero-order valence-electron chi connectivity index (χ0n) is 11.5. The van der Waals surface area contributed by atoms with E-state index in [0.717, 1.165) is 21.8 Å². The van der Waals surface area contributed by atoms with Crippen molar-refractivity contribution in [2.75, 3.05) is 13.2 Å². The van der Waals surface area contributed by atoms with E-state index in [4.69, 9.17) is 14.2 Å². The first-order chi connectivity index (χ1) is 9.63. The first-order valence-electron chi connectivity index (χ1n) is 6.43. The van der Waals surface area contributed by atoms with Crippen molar-refractivity contribution in [3.63, 3.8) is 0 Å². The van der Waals surface area contributed by atoms with E-state index < -0.39 is 14.3 Å². The van der Waals surface area contributed by atoms with Gasteiger partial charge in [-0.2, -0.15) is 0 Å². The molecule has 6 heteroatoms. The summed E-state index contributed by atoms with van der Waals surface area (Å²) in [6.45, 7) is 5.18. The maximum atomic E-state index is 11.0. The van der Waals surface area contributed by atoms with E-state index in [1.54, 1.807) is 6.07 Å². The predicted molar refractivity (Wildman–Crippen MR) is 82.7 cm³/mol. The molecule has 2 aromatic rings. The molecule has 0 aliphatic carbocycles. The number of hydrogen-bond acceptors (Lipinski definition) is 4.